The Hall–Kier alpha value is -5.56. The molecule has 12 nitrogen and oxygen atoms in total. The van der Waals surface area contributed by atoms with Gasteiger partial charge in [0.25, 0.3) is 5.56 Å². The Morgan fingerprint density at radius 3 is 1.89 bits per heavy atom. The molecule has 5 aromatic rings. The van der Waals surface area contributed by atoms with Gasteiger partial charge < -0.3 is 33.2 Å². The van der Waals surface area contributed by atoms with E-state index in [0.29, 0.717) is 61.0 Å². The van der Waals surface area contributed by atoms with Gasteiger partial charge in [-0.25, -0.2) is 9.78 Å². The quantitative estimate of drug-likeness (QED) is 0.0921. The minimum absolute atomic E-state index is 0.157. The van der Waals surface area contributed by atoms with Crippen LogP contribution in [0.5, 0.6) is 40.2 Å². The molecule has 242 valence electrons. The Labute approximate surface area is 278 Å². The molecule has 0 unspecified atom stereocenters. The molecule has 0 radical (unpaired) electrons. The van der Waals surface area contributed by atoms with Gasteiger partial charge in [0.15, 0.2) is 28.8 Å². The highest BCUT2D eigenvalue weighted by Crippen LogP contribution is 2.41. The molecular weight excluding hydrogens is 674 g/mol. The Bertz CT molecular complexity index is 2010. The van der Waals surface area contributed by atoms with Crippen LogP contribution < -0.4 is 38.7 Å². The molecular formula is C34H30BrN3O9. The molecule has 5 rings (SSSR count). The highest BCUT2D eigenvalue weighted by Gasteiger charge is 2.21. The summed E-state index contributed by atoms with van der Waals surface area (Å²) in [6.45, 7) is 0. The van der Waals surface area contributed by atoms with Crippen molar-refractivity contribution in [3.05, 3.63) is 92.7 Å². The summed E-state index contributed by atoms with van der Waals surface area (Å²) in [5.41, 5.74) is 1.06. The number of halogens is 1. The summed E-state index contributed by atoms with van der Waals surface area (Å²) < 4.78 is 40.3. The third-order valence-electron chi connectivity index (χ3n) is 7.06. The highest BCUT2D eigenvalue weighted by molar-refractivity contribution is 9.10. The number of para-hydroxylation sites is 1. The van der Waals surface area contributed by atoms with Crippen LogP contribution in [0.1, 0.15) is 15.9 Å². The predicted octanol–water partition coefficient (Wildman–Crippen LogP) is 5.98. The third kappa shape index (κ3) is 6.56. The maximum atomic E-state index is 13.9. The van der Waals surface area contributed by atoms with Crippen LogP contribution in [0.25, 0.3) is 22.3 Å². The fourth-order valence-corrected chi connectivity index (χ4v) is 5.20. The van der Waals surface area contributed by atoms with Crippen molar-refractivity contribution in [1.29, 1.82) is 0 Å². The zero-order valence-corrected chi connectivity index (χ0v) is 27.9. The number of methoxy groups -OCH3 is 6. The van der Waals surface area contributed by atoms with Crippen molar-refractivity contribution >= 4 is 39.0 Å². The zero-order valence-electron chi connectivity index (χ0n) is 26.3. The van der Waals surface area contributed by atoms with Gasteiger partial charge in [-0.2, -0.15) is 9.78 Å². The molecule has 0 saturated carbocycles. The van der Waals surface area contributed by atoms with E-state index >= 15 is 0 Å². The van der Waals surface area contributed by atoms with E-state index in [1.165, 1.54) is 61.0 Å². The molecule has 0 bridgehead atoms. The van der Waals surface area contributed by atoms with Crippen molar-refractivity contribution in [3.8, 4) is 51.6 Å². The number of ether oxygens (including phenoxy) is 7. The number of hydrogen-bond acceptors (Lipinski definition) is 11. The van der Waals surface area contributed by atoms with Crippen LogP contribution in [0.3, 0.4) is 0 Å². The van der Waals surface area contributed by atoms with E-state index in [9.17, 15) is 9.59 Å². The van der Waals surface area contributed by atoms with Gasteiger partial charge in [-0.1, -0.05) is 28.1 Å². The van der Waals surface area contributed by atoms with E-state index in [1.807, 2.05) is 0 Å². The molecule has 4 aromatic carbocycles. The average molecular weight is 705 g/mol. The molecule has 0 fully saturated rings. The molecule has 0 aliphatic heterocycles. The molecule has 0 N–H and O–H groups in total. The molecule has 0 atom stereocenters. The summed E-state index contributed by atoms with van der Waals surface area (Å²) in [5.74, 6) is 1.72. The minimum Gasteiger partial charge on any atom is -0.493 e. The summed E-state index contributed by atoms with van der Waals surface area (Å²) in [6, 6.07) is 18.3. The first-order chi connectivity index (χ1) is 22.8. The maximum Gasteiger partial charge on any atom is 0.343 e. The van der Waals surface area contributed by atoms with Crippen molar-refractivity contribution in [3.63, 3.8) is 0 Å². The molecule has 0 aliphatic carbocycles. The molecule has 1 heterocycles. The fourth-order valence-electron chi connectivity index (χ4n) is 4.82. The van der Waals surface area contributed by atoms with Crippen molar-refractivity contribution in [1.82, 2.24) is 9.66 Å². The molecule has 0 spiro atoms. The number of esters is 1. The number of carbonyl (C=O) groups excluding carboxylic acids is 1. The number of carbonyl (C=O) groups is 1. The summed E-state index contributed by atoms with van der Waals surface area (Å²) >= 11 is 3.46. The second-order valence-corrected chi connectivity index (χ2v) is 10.6. The van der Waals surface area contributed by atoms with Gasteiger partial charge in [-0.05, 0) is 54.6 Å². The van der Waals surface area contributed by atoms with Gasteiger partial charge in [0, 0.05) is 15.6 Å². The summed E-state index contributed by atoms with van der Waals surface area (Å²) in [4.78, 5) is 32.0. The number of rotatable bonds is 11. The maximum absolute atomic E-state index is 13.9. The second-order valence-electron chi connectivity index (χ2n) is 9.71. The zero-order chi connectivity index (χ0) is 33.7. The number of benzene rings is 4. The van der Waals surface area contributed by atoms with E-state index in [0.717, 1.165) is 4.68 Å². The van der Waals surface area contributed by atoms with Gasteiger partial charge in [-0.3, -0.25) is 4.79 Å². The molecule has 0 aliphatic rings. The Morgan fingerprint density at radius 1 is 0.745 bits per heavy atom. The third-order valence-corrected chi connectivity index (χ3v) is 7.56. The first kappa shape index (κ1) is 32.8. The normalized spacial score (nSPS) is 11.0. The summed E-state index contributed by atoms with van der Waals surface area (Å²) in [6.07, 6.45) is 1.40. The summed E-state index contributed by atoms with van der Waals surface area (Å²) in [7, 11) is 8.85. The van der Waals surface area contributed by atoms with Gasteiger partial charge in [-0.15, -0.1) is 0 Å². The van der Waals surface area contributed by atoms with E-state index < -0.39 is 11.5 Å². The van der Waals surface area contributed by atoms with E-state index in [4.69, 9.17) is 38.1 Å². The van der Waals surface area contributed by atoms with Crippen molar-refractivity contribution < 1.29 is 38.0 Å². The Balaban J connectivity index is 1.62. The Kier molecular flexibility index (Phi) is 9.95. The first-order valence-electron chi connectivity index (χ1n) is 13.9. The second kappa shape index (κ2) is 14.3. The smallest absolute Gasteiger partial charge is 0.343 e. The van der Waals surface area contributed by atoms with Crippen LogP contribution in [-0.2, 0) is 0 Å². The lowest BCUT2D eigenvalue weighted by atomic mass is 10.1. The molecule has 0 saturated heterocycles. The highest BCUT2D eigenvalue weighted by atomic mass is 79.9. The standard InChI is InChI=1S/C34H30BrN3O9/c1-41-26-14-19(15-27(42-2)30(26)45-5)32-37-24-10-8-7-9-23(24)33(39)38(32)36-18-21-13-22(35)11-12-25(21)47-34(40)20-16-28(43-3)31(46-6)29(17-20)44-4/h7-18H,1-6H3. The average Bonchev–Trinajstić information content (AvgIpc) is 3.10. The first-order valence-corrected chi connectivity index (χ1v) is 14.7. The predicted molar refractivity (Wildman–Crippen MR) is 179 cm³/mol. The molecule has 0 amide bonds. The van der Waals surface area contributed by atoms with Gasteiger partial charge >= 0.3 is 5.97 Å². The van der Waals surface area contributed by atoms with E-state index in [-0.39, 0.29) is 17.1 Å². The summed E-state index contributed by atoms with van der Waals surface area (Å²) in [5, 5.41) is 4.90. The van der Waals surface area contributed by atoms with Crippen LogP contribution in [0, 0.1) is 0 Å². The van der Waals surface area contributed by atoms with E-state index in [1.54, 1.807) is 54.6 Å². The monoisotopic (exact) mass is 703 g/mol. The van der Waals surface area contributed by atoms with Crippen LogP contribution in [0.15, 0.2) is 81.1 Å². The van der Waals surface area contributed by atoms with Gasteiger partial charge in [0.2, 0.25) is 11.5 Å². The van der Waals surface area contributed by atoms with Crippen LogP contribution in [0.2, 0.25) is 0 Å². The molecule has 47 heavy (non-hydrogen) atoms. The minimum atomic E-state index is -0.691. The van der Waals surface area contributed by atoms with Crippen LogP contribution >= 0.6 is 15.9 Å². The lowest BCUT2D eigenvalue weighted by Gasteiger charge is -2.15. The van der Waals surface area contributed by atoms with Crippen LogP contribution in [0.4, 0.5) is 0 Å². The van der Waals surface area contributed by atoms with Gasteiger partial charge in [0.1, 0.15) is 5.75 Å². The fraction of sp³-hybridized carbons (Fsp3) is 0.176. The topological polar surface area (TPSA) is 129 Å². The largest absolute Gasteiger partial charge is 0.493 e. The molecule has 1 aromatic heterocycles. The van der Waals surface area contributed by atoms with Gasteiger partial charge in [0.05, 0.1) is 65.3 Å². The van der Waals surface area contributed by atoms with Crippen molar-refractivity contribution in [2.24, 2.45) is 5.10 Å². The molecule has 13 heteroatoms. The lowest BCUT2D eigenvalue weighted by Crippen LogP contribution is -2.20. The van der Waals surface area contributed by atoms with Crippen LogP contribution in [-0.4, -0.2) is 64.5 Å². The number of fused-ring (bicyclic) bond motifs is 1. The lowest BCUT2D eigenvalue weighted by molar-refractivity contribution is 0.0733. The van der Waals surface area contributed by atoms with Crippen molar-refractivity contribution in [2.45, 2.75) is 0 Å². The SMILES string of the molecule is COc1cc(C(=O)Oc2ccc(Br)cc2C=Nn2c(-c3cc(OC)c(OC)c(OC)c3)nc3ccccc3c2=O)cc(OC)c1OC. The Morgan fingerprint density at radius 2 is 1.32 bits per heavy atom. The number of hydrogen-bond donors (Lipinski definition) is 0. The number of aromatic nitrogens is 2. The van der Waals surface area contributed by atoms with E-state index in [2.05, 4.69) is 21.0 Å². The van der Waals surface area contributed by atoms with Crippen molar-refractivity contribution in [2.75, 3.05) is 42.7 Å². The number of nitrogens with zero attached hydrogens (tertiary/aromatic N) is 3.